The van der Waals surface area contributed by atoms with Crippen LogP contribution in [0, 0.1) is 17.8 Å². The van der Waals surface area contributed by atoms with E-state index in [1.54, 1.807) is 27.7 Å². The molecule has 4 unspecified atom stereocenters. The van der Waals surface area contributed by atoms with E-state index in [2.05, 4.69) is 16.0 Å². The Bertz CT molecular complexity index is 679. The van der Waals surface area contributed by atoms with Crippen molar-refractivity contribution in [3.05, 3.63) is 0 Å². The van der Waals surface area contributed by atoms with Gasteiger partial charge in [0.25, 0.3) is 0 Å². The van der Waals surface area contributed by atoms with Crippen molar-refractivity contribution >= 4 is 29.7 Å². The maximum atomic E-state index is 12.9. The summed E-state index contributed by atoms with van der Waals surface area (Å²) in [5, 5.41) is 25.7. The van der Waals surface area contributed by atoms with Crippen molar-refractivity contribution in [3.8, 4) is 0 Å². The molecule has 0 aliphatic rings. The first-order valence-corrected chi connectivity index (χ1v) is 10.8. The third-order valence-electron chi connectivity index (χ3n) is 4.82. The van der Waals surface area contributed by atoms with Gasteiger partial charge in [0, 0.05) is 6.42 Å². The minimum Gasteiger partial charge on any atom is -0.481 e. The van der Waals surface area contributed by atoms with Crippen molar-refractivity contribution in [2.45, 2.75) is 85.0 Å². The molecular weight excluding hydrogens is 420 g/mol. The summed E-state index contributed by atoms with van der Waals surface area (Å²) in [5.74, 6) is -4.87. The predicted molar refractivity (Wildman–Crippen MR) is 117 cm³/mol. The quantitative estimate of drug-likeness (QED) is 0.211. The van der Waals surface area contributed by atoms with Crippen LogP contribution in [0.3, 0.4) is 0 Å². The Kier molecular flexibility index (Phi) is 12.5. The van der Waals surface area contributed by atoms with E-state index < -0.39 is 53.8 Å². The van der Waals surface area contributed by atoms with E-state index in [0.717, 1.165) is 0 Å². The number of carbonyl (C=O) groups excluding carboxylic acids is 3. The zero-order chi connectivity index (χ0) is 25.2. The molecule has 0 aromatic carbocycles. The molecule has 184 valence electrons. The van der Waals surface area contributed by atoms with E-state index in [4.69, 9.17) is 10.8 Å². The Morgan fingerprint density at radius 1 is 0.750 bits per heavy atom. The van der Waals surface area contributed by atoms with Gasteiger partial charge >= 0.3 is 11.9 Å². The smallest absolute Gasteiger partial charge is 0.326 e. The molecule has 0 aromatic rings. The number of carbonyl (C=O) groups is 5. The summed E-state index contributed by atoms with van der Waals surface area (Å²) in [4.78, 5) is 60.1. The maximum Gasteiger partial charge on any atom is 0.326 e. The molecule has 0 aromatic heterocycles. The van der Waals surface area contributed by atoms with Crippen LogP contribution in [0.4, 0.5) is 0 Å². The molecule has 11 nitrogen and oxygen atoms in total. The van der Waals surface area contributed by atoms with Crippen molar-refractivity contribution in [1.82, 2.24) is 16.0 Å². The summed E-state index contributed by atoms with van der Waals surface area (Å²) in [6.07, 6.45) is -0.110. The molecule has 0 aliphatic carbocycles. The normalized spacial score (nSPS) is 15.1. The highest BCUT2D eigenvalue weighted by atomic mass is 16.4. The number of amides is 3. The zero-order valence-electron chi connectivity index (χ0n) is 19.7. The van der Waals surface area contributed by atoms with E-state index in [1.165, 1.54) is 0 Å². The largest absolute Gasteiger partial charge is 0.481 e. The van der Waals surface area contributed by atoms with Crippen LogP contribution in [0.1, 0.15) is 60.8 Å². The lowest BCUT2D eigenvalue weighted by Crippen LogP contribution is -2.59. The number of hydrogen-bond acceptors (Lipinski definition) is 6. The average Bonchev–Trinajstić information content (AvgIpc) is 2.65. The van der Waals surface area contributed by atoms with Crippen molar-refractivity contribution in [1.29, 1.82) is 0 Å². The Morgan fingerprint density at radius 2 is 1.25 bits per heavy atom. The number of rotatable bonds is 14. The number of carboxylic acids is 2. The van der Waals surface area contributed by atoms with E-state index in [9.17, 15) is 29.1 Å². The van der Waals surface area contributed by atoms with E-state index in [1.807, 2.05) is 13.8 Å². The highest BCUT2D eigenvalue weighted by Gasteiger charge is 2.32. The number of carboxylic acid groups (broad SMARTS) is 2. The van der Waals surface area contributed by atoms with Crippen molar-refractivity contribution in [2.24, 2.45) is 23.5 Å². The van der Waals surface area contributed by atoms with Crippen LogP contribution in [-0.2, 0) is 24.0 Å². The van der Waals surface area contributed by atoms with Crippen LogP contribution in [0.5, 0.6) is 0 Å². The van der Waals surface area contributed by atoms with Gasteiger partial charge in [-0.1, -0.05) is 41.5 Å². The molecule has 4 atom stereocenters. The maximum absolute atomic E-state index is 12.9. The predicted octanol–water partition coefficient (Wildman–Crippen LogP) is 0.0756. The highest BCUT2D eigenvalue weighted by Crippen LogP contribution is 2.10. The molecule has 0 bridgehead atoms. The molecule has 11 heteroatoms. The van der Waals surface area contributed by atoms with Gasteiger partial charge in [0.2, 0.25) is 17.7 Å². The second-order valence-corrected chi connectivity index (χ2v) is 9.03. The van der Waals surface area contributed by atoms with Gasteiger partial charge in [-0.05, 0) is 30.6 Å². The lowest BCUT2D eigenvalue weighted by atomic mass is 9.98. The third kappa shape index (κ3) is 10.6. The number of nitrogens with two attached hydrogens (primary N) is 1. The molecule has 3 amide bonds. The van der Waals surface area contributed by atoms with Gasteiger partial charge in [0.05, 0.1) is 6.04 Å². The molecule has 0 fully saturated rings. The van der Waals surface area contributed by atoms with E-state index >= 15 is 0 Å². The van der Waals surface area contributed by atoms with Gasteiger partial charge < -0.3 is 31.9 Å². The second kappa shape index (κ2) is 13.7. The minimum atomic E-state index is -1.18. The first-order valence-electron chi connectivity index (χ1n) is 10.8. The molecule has 0 rings (SSSR count). The highest BCUT2D eigenvalue weighted by molar-refractivity contribution is 5.94. The van der Waals surface area contributed by atoms with Crippen LogP contribution < -0.4 is 21.7 Å². The first-order chi connectivity index (χ1) is 14.7. The molecule has 0 saturated heterocycles. The Balaban J connectivity index is 5.39. The average molecular weight is 459 g/mol. The minimum absolute atomic E-state index is 0.0184. The van der Waals surface area contributed by atoms with Crippen molar-refractivity contribution in [3.63, 3.8) is 0 Å². The van der Waals surface area contributed by atoms with Gasteiger partial charge in [-0.3, -0.25) is 19.2 Å². The van der Waals surface area contributed by atoms with Gasteiger partial charge in [-0.25, -0.2) is 4.79 Å². The summed E-state index contributed by atoms with van der Waals surface area (Å²) in [7, 11) is 0. The third-order valence-corrected chi connectivity index (χ3v) is 4.82. The SMILES string of the molecule is CC(C)CC(NC(=O)C(NC(=O)C(N)CCC(=O)O)C(C)C)C(=O)NC(C(=O)O)C(C)C. The lowest BCUT2D eigenvalue weighted by Gasteiger charge is -2.28. The van der Waals surface area contributed by atoms with Gasteiger partial charge in [0.15, 0.2) is 0 Å². The summed E-state index contributed by atoms with van der Waals surface area (Å²) >= 11 is 0. The lowest BCUT2D eigenvalue weighted by molar-refractivity contribution is -0.143. The fourth-order valence-corrected chi connectivity index (χ4v) is 2.94. The van der Waals surface area contributed by atoms with Crippen LogP contribution >= 0.6 is 0 Å². The fraction of sp³-hybridized carbons (Fsp3) is 0.762. The van der Waals surface area contributed by atoms with Gasteiger partial charge in [-0.15, -0.1) is 0 Å². The molecule has 0 radical (unpaired) electrons. The van der Waals surface area contributed by atoms with Crippen LogP contribution in [-0.4, -0.2) is 64.0 Å². The summed E-state index contributed by atoms with van der Waals surface area (Å²) in [5.41, 5.74) is 5.71. The number of nitrogens with one attached hydrogen (secondary N) is 3. The van der Waals surface area contributed by atoms with Crippen molar-refractivity contribution < 1.29 is 34.2 Å². The van der Waals surface area contributed by atoms with Gasteiger partial charge in [0.1, 0.15) is 18.1 Å². The number of hydrogen-bond donors (Lipinski definition) is 6. The zero-order valence-corrected chi connectivity index (χ0v) is 19.7. The Hall–Kier alpha value is -2.69. The van der Waals surface area contributed by atoms with Gasteiger partial charge in [-0.2, -0.15) is 0 Å². The molecule has 0 aliphatic heterocycles. The molecular formula is C21H38N4O7. The molecule has 7 N–H and O–H groups in total. The summed E-state index contributed by atoms with van der Waals surface area (Å²) in [6.45, 7) is 10.4. The topological polar surface area (TPSA) is 188 Å². The Labute approximate surface area is 188 Å². The van der Waals surface area contributed by atoms with Crippen molar-refractivity contribution in [2.75, 3.05) is 0 Å². The standard InChI is InChI=1S/C21H38N4O7/c1-10(2)9-14(19(29)25-17(12(5)6)21(31)32)23-20(30)16(11(3)4)24-18(28)13(22)7-8-15(26)27/h10-14,16-17H,7-9,22H2,1-6H3,(H,23,30)(H,24,28)(H,25,29)(H,26,27)(H,31,32). The van der Waals surface area contributed by atoms with Crippen LogP contribution in [0.15, 0.2) is 0 Å². The van der Waals surface area contributed by atoms with E-state index in [0.29, 0.717) is 0 Å². The summed E-state index contributed by atoms with van der Waals surface area (Å²) in [6, 6.07) is -4.22. The van der Waals surface area contributed by atoms with Crippen LogP contribution in [0.2, 0.25) is 0 Å². The monoisotopic (exact) mass is 458 g/mol. The molecule has 0 saturated carbocycles. The molecule has 32 heavy (non-hydrogen) atoms. The Morgan fingerprint density at radius 3 is 1.66 bits per heavy atom. The fourth-order valence-electron chi connectivity index (χ4n) is 2.94. The second-order valence-electron chi connectivity index (χ2n) is 9.03. The summed E-state index contributed by atoms with van der Waals surface area (Å²) < 4.78 is 0. The van der Waals surface area contributed by atoms with E-state index in [-0.39, 0.29) is 37.0 Å². The molecule has 0 spiro atoms. The first kappa shape index (κ1) is 29.3. The van der Waals surface area contributed by atoms with Crippen LogP contribution in [0.25, 0.3) is 0 Å². The molecule has 0 heterocycles. The number of aliphatic carboxylic acids is 2.